The van der Waals surface area contributed by atoms with Crippen molar-refractivity contribution in [1.82, 2.24) is 0 Å². The summed E-state index contributed by atoms with van der Waals surface area (Å²) in [7, 11) is 1.38. The lowest BCUT2D eigenvalue weighted by atomic mass is 10.0. The molecule has 2 unspecified atom stereocenters. The summed E-state index contributed by atoms with van der Waals surface area (Å²) in [5.41, 5.74) is 0. The molecule has 65 heavy (non-hydrogen) atoms. The van der Waals surface area contributed by atoms with Crippen LogP contribution in [-0.4, -0.2) is 70.7 Å². The molecule has 0 aliphatic rings. The van der Waals surface area contributed by atoms with Crippen LogP contribution in [0.3, 0.4) is 0 Å². The van der Waals surface area contributed by atoms with E-state index in [1.165, 1.54) is 231 Å². The summed E-state index contributed by atoms with van der Waals surface area (Å²) in [6.45, 7) is 5.49. The van der Waals surface area contributed by atoms with Gasteiger partial charge in [0.2, 0.25) is 0 Å². The highest BCUT2D eigenvalue weighted by molar-refractivity contribution is 7.45. The molecule has 9 heteroatoms. The van der Waals surface area contributed by atoms with Gasteiger partial charge >= 0.3 is 5.97 Å². The Morgan fingerprint density at radius 3 is 1.17 bits per heavy atom. The highest BCUT2D eigenvalue weighted by Gasteiger charge is 2.20. The third-order valence-corrected chi connectivity index (χ3v) is 13.8. The molecule has 0 N–H and O–H groups in total. The summed E-state index contributed by atoms with van der Waals surface area (Å²) in [6, 6.07) is 0. The number of allylic oxidation sites excluding steroid dienone is 2. The number of phosphoric ester groups is 1. The van der Waals surface area contributed by atoms with Crippen molar-refractivity contribution in [2.24, 2.45) is 0 Å². The molecule has 0 aromatic carbocycles. The van der Waals surface area contributed by atoms with Gasteiger partial charge in [-0.2, -0.15) is 0 Å². The summed E-state index contributed by atoms with van der Waals surface area (Å²) < 4.78 is 34.8. The van der Waals surface area contributed by atoms with E-state index in [-0.39, 0.29) is 25.8 Å². The standard InChI is InChI=1S/C56H112NO7P/c1-6-8-10-12-14-16-18-20-22-24-26-27-28-29-30-32-34-36-38-40-42-44-46-48-51-61-53-55(54-63-65(59,60)62-52-50-57(3,4)5)64-56(58)49-47-45-43-41-39-37-35-33-31-25-23-21-19-17-15-13-11-9-7-2/h24,26,55H,6-23,25,27-54H2,1-5H3/b26-24-. The van der Waals surface area contributed by atoms with E-state index < -0.39 is 13.9 Å². The van der Waals surface area contributed by atoms with Gasteiger partial charge in [0.1, 0.15) is 19.3 Å². The van der Waals surface area contributed by atoms with Crippen molar-refractivity contribution in [3.63, 3.8) is 0 Å². The zero-order chi connectivity index (χ0) is 47.6. The first-order valence-electron chi connectivity index (χ1n) is 28.4. The largest absolute Gasteiger partial charge is 0.756 e. The molecule has 0 saturated carbocycles. The van der Waals surface area contributed by atoms with Gasteiger partial charge in [-0.05, 0) is 38.5 Å². The molecule has 0 spiro atoms. The number of carbonyl (C=O) groups excluding carboxylic acids is 1. The number of carbonyl (C=O) groups is 1. The Balaban J connectivity index is 4.03. The average molecular weight is 942 g/mol. The Hall–Kier alpha value is -0.760. The summed E-state index contributed by atoms with van der Waals surface area (Å²) >= 11 is 0. The third kappa shape index (κ3) is 54.1. The van der Waals surface area contributed by atoms with Crippen molar-refractivity contribution in [3.05, 3.63) is 12.2 Å². The van der Waals surface area contributed by atoms with Gasteiger partial charge in [0, 0.05) is 13.0 Å². The van der Waals surface area contributed by atoms with Crippen molar-refractivity contribution in [1.29, 1.82) is 0 Å². The minimum atomic E-state index is -4.53. The fourth-order valence-corrected chi connectivity index (χ4v) is 9.16. The van der Waals surface area contributed by atoms with E-state index in [0.717, 1.165) is 32.1 Å². The quantitative estimate of drug-likeness (QED) is 0.0197. The second-order valence-electron chi connectivity index (χ2n) is 20.7. The second kappa shape index (κ2) is 49.7. The van der Waals surface area contributed by atoms with Gasteiger partial charge in [0.15, 0.2) is 0 Å². The van der Waals surface area contributed by atoms with Gasteiger partial charge in [-0.3, -0.25) is 9.36 Å². The molecule has 0 fully saturated rings. The predicted octanol–water partition coefficient (Wildman–Crippen LogP) is 17.1. The molecule has 0 aromatic heterocycles. The van der Waals surface area contributed by atoms with E-state index in [1.54, 1.807) is 0 Å². The molecule has 0 amide bonds. The number of quaternary nitrogens is 1. The van der Waals surface area contributed by atoms with Crippen molar-refractivity contribution in [3.8, 4) is 0 Å². The summed E-state index contributed by atoms with van der Waals surface area (Å²) in [6.07, 6.45) is 58.2. The first-order chi connectivity index (χ1) is 31.6. The molecule has 0 heterocycles. The van der Waals surface area contributed by atoms with E-state index in [1.807, 2.05) is 21.1 Å². The molecular formula is C56H112NO7P. The first-order valence-corrected chi connectivity index (χ1v) is 29.9. The van der Waals surface area contributed by atoms with Crippen molar-refractivity contribution in [2.75, 3.05) is 54.1 Å². The lowest BCUT2D eigenvalue weighted by Gasteiger charge is -2.28. The van der Waals surface area contributed by atoms with Crippen molar-refractivity contribution < 1.29 is 37.3 Å². The lowest BCUT2D eigenvalue weighted by molar-refractivity contribution is -0.870. The zero-order valence-corrected chi connectivity index (χ0v) is 45.1. The highest BCUT2D eigenvalue weighted by atomic mass is 31.2. The normalized spacial score (nSPS) is 13.5. The summed E-state index contributed by atoms with van der Waals surface area (Å²) in [5.74, 6) is -0.326. The third-order valence-electron chi connectivity index (χ3n) is 12.8. The van der Waals surface area contributed by atoms with Crippen LogP contribution >= 0.6 is 7.82 Å². The smallest absolute Gasteiger partial charge is 0.306 e. The molecule has 0 aliphatic carbocycles. The predicted molar refractivity (Wildman–Crippen MR) is 278 cm³/mol. The zero-order valence-electron chi connectivity index (χ0n) is 44.2. The van der Waals surface area contributed by atoms with Crippen molar-refractivity contribution in [2.45, 2.75) is 290 Å². The van der Waals surface area contributed by atoms with Crippen LogP contribution in [0.25, 0.3) is 0 Å². The Labute approximate surface area is 405 Å². The van der Waals surface area contributed by atoms with Gasteiger partial charge in [-0.15, -0.1) is 0 Å². The summed E-state index contributed by atoms with van der Waals surface area (Å²) in [4.78, 5) is 25.2. The number of likely N-dealkylation sites (N-methyl/N-ethyl adjacent to an activating group) is 1. The van der Waals surface area contributed by atoms with Crippen LogP contribution in [0.2, 0.25) is 0 Å². The number of phosphoric acid groups is 1. The van der Waals surface area contributed by atoms with Crippen LogP contribution in [0.4, 0.5) is 0 Å². The number of hydrogen-bond donors (Lipinski definition) is 0. The minimum absolute atomic E-state index is 0.0301. The Bertz CT molecular complexity index is 1050. The fraction of sp³-hybridized carbons (Fsp3) is 0.946. The topological polar surface area (TPSA) is 94.1 Å². The Kier molecular flexibility index (Phi) is 49.1. The van der Waals surface area contributed by atoms with Crippen LogP contribution in [0, 0.1) is 0 Å². The Morgan fingerprint density at radius 1 is 0.462 bits per heavy atom. The molecule has 0 aliphatic heterocycles. The van der Waals surface area contributed by atoms with E-state index in [9.17, 15) is 14.3 Å². The monoisotopic (exact) mass is 942 g/mol. The summed E-state index contributed by atoms with van der Waals surface area (Å²) in [5, 5.41) is 0. The minimum Gasteiger partial charge on any atom is -0.756 e. The van der Waals surface area contributed by atoms with Crippen LogP contribution in [0.5, 0.6) is 0 Å². The number of rotatable bonds is 54. The molecule has 0 bridgehead atoms. The number of ether oxygens (including phenoxy) is 2. The van der Waals surface area contributed by atoms with E-state index in [4.69, 9.17) is 18.5 Å². The number of nitrogens with zero attached hydrogens (tertiary/aromatic N) is 1. The molecule has 2 atom stereocenters. The van der Waals surface area contributed by atoms with E-state index in [2.05, 4.69) is 26.0 Å². The highest BCUT2D eigenvalue weighted by Crippen LogP contribution is 2.38. The molecule has 388 valence electrons. The van der Waals surface area contributed by atoms with E-state index in [0.29, 0.717) is 24.1 Å². The van der Waals surface area contributed by atoms with Crippen LogP contribution in [-0.2, 0) is 27.9 Å². The fourth-order valence-electron chi connectivity index (χ4n) is 8.43. The maximum Gasteiger partial charge on any atom is 0.306 e. The second-order valence-corrected chi connectivity index (χ2v) is 22.1. The molecule has 0 aromatic rings. The number of unbranched alkanes of at least 4 members (excludes halogenated alkanes) is 38. The molecule has 0 saturated heterocycles. The molecule has 0 radical (unpaired) electrons. The number of esters is 1. The molecule has 8 nitrogen and oxygen atoms in total. The number of hydrogen-bond acceptors (Lipinski definition) is 7. The van der Waals surface area contributed by atoms with Gasteiger partial charge in [-0.25, -0.2) is 0 Å². The van der Waals surface area contributed by atoms with Gasteiger partial charge < -0.3 is 27.9 Å². The first kappa shape index (κ1) is 64.2. The van der Waals surface area contributed by atoms with Gasteiger partial charge in [0.25, 0.3) is 7.82 Å². The van der Waals surface area contributed by atoms with Crippen molar-refractivity contribution >= 4 is 13.8 Å². The Morgan fingerprint density at radius 2 is 0.800 bits per heavy atom. The van der Waals surface area contributed by atoms with E-state index >= 15 is 0 Å². The lowest BCUT2D eigenvalue weighted by Crippen LogP contribution is -2.37. The van der Waals surface area contributed by atoms with Crippen LogP contribution in [0.1, 0.15) is 284 Å². The van der Waals surface area contributed by atoms with Gasteiger partial charge in [0.05, 0.1) is 34.4 Å². The molecule has 0 rings (SSSR count). The van der Waals surface area contributed by atoms with Crippen LogP contribution < -0.4 is 4.89 Å². The molecular weight excluding hydrogens is 830 g/mol. The average Bonchev–Trinajstić information content (AvgIpc) is 3.27. The SMILES string of the molecule is CCCCCCCCCC/C=C\CCCCCCCCCCCCCCOCC(COP(=O)([O-])OCC[N+](C)(C)C)OC(=O)CCCCCCCCCCCCCCCCCCCCC. The maximum atomic E-state index is 12.8. The van der Waals surface area contributed by atoms with Gasteiger partial charge in [-0.1, -0.05) is 251 Å². The maximum absolute atomic E-state index is 12.8. The van der Waals surface area contributed by atoms with Crippen LogP contribution in [0.15, 0.2) is 12.2 Å².